The Bertz CT molecular complexity index is 816. The van der Waals surface area contributed by atoms with Crippen molar-refractivity contribution in [2.75, 3.05) is 13.1 Å². The van der Waals surface area contributed by atoms with E-state index in [2.05, 4.69) is 26.3 Å². The summed E-state index contributed by atoms with van der Waals surface area (Å²) in [4.78, 5) is 64.9. The number of guanidine groups is 1. The first-order valence-corrected chi connectivity index (χ1v) is 10.3. The number of rotatable bonds is 6. The van der Waals surface area contributed by atoms with Crippen molar-refractivity contribution in [2.24, 2.45) is 22.4 Å². The number of carboxylic acids is 1. The molecule has 0 aromatic carbocycles. The molecule has 1 heterocycles. The Kier molecular flexibility index (Phi) is 8.93. The lowest BCUT2D eigenvalue weighted by molar-refractivity contribution is -0.141. The summed E-state index contributed by atoms with van der Waals surface area (Å²) >= 11 is 0. The highest BCUT2D eigenvalue weighted by Gasteiger charge is 2.46. The van der Waals surface area contributed by atoms with E-state index < -0.39 is 78.8 Å². The second-order valence-electron chi connectivity index (χ2n) is 7.88. The molecule has 2 fully saturated rings. The van der Waals surface area contributed by atoms with Gasteiger partial charge in [-0.3, -0.25) is 29.0 Å². The number of hydrogen-bond acceptors (Lipinski definition) is 8. The molecule has 0 aromatic heterocycles. The number of nitrogens with zero attached hydrogens (tertiary/aromatic N) is 1. The van der Waals surface area contributed by atoms with Crippen LogP contribution in [0.5, 0.6) is 0 Å². The molecular formula is C18H29N7O8. The van der Waals surface area contributed by atoms with E-state index in [4.69, 9.17) is 16.6 Å². The standard InChI is InChI=1S/C18H29N7O8/c19-18(20)21-3-1-2-8-16(32)22-6-11(26)23-10(5-12(27)28)17(33)25-9-4-7(15(31)24-8)13(29)14(9)30/h7-10,13-14,29-30H,1-6H2,(H,22,32)(H,23,26)(H,24,31)(H,25,33)(H,27,28)(H4,19,20,21)/t7-,8+,9+,10+,13-,14-/m1/s1. The number of carbonyl (C=O) groups excluding carboxylic acids is 4. The van der Waals surface area contributed by atoms with Crippen molar-refractivity contribution in [1.82, 2.24) is 21.3 Å². The first-order chi connectivity index (χ1) is 15.5. The highest BCUT2D eigenvalue weighted by Crippen LogP contribution is 2.27. The number of hydrogen-bond donors (Lipinski definition) is 9. The Labute approximate surface area is 188 Å². The third kappa shape index (κ3) is 7.28. The van der Waals surface area contributed by atoms with Gasteiger partial charge in [-0.05, 0) is 19.3 Å². The first-order valence-electron chi connectivity index (χ1n) is 10.3. The Balaban J connectivity index is 2.24. The molecule has 0 unspecified atom stereocenters. The van der Waals surface area contributed by atoms with Gasteiger partial charge in [0, 0.05) is 6.54 Å². The summed E-state index contributed by atoms with van der Waals surface area (Å²) in [6, 6.07) is -3.67. The SMILES string of the molecule is NC(N)=NCCC[C@@H]1NC(=O)[C@@H]2C[C@H](NC(=O)[C@H](CC(=O)O)NC(=O)CNC1=O)[C@@H](O)[C@@H]2O. The Morgan fingerprint density at radius 1 is 0.970 bits per heavy atom. The van der Waals surface area contributed by atoms with Crippen LogP contribution in [-0.4, -0.2) is 94.3 Å². The molecule has 2 aliphatic rings. The van der Waals surface area contributed by atoms with Crippen LogP contribution in [0.15, 0.2) is 4.99 Å². The Hall–Kier alpha value is -3.46. The zero-order chi connectivity index (χ0) is 24.7. The lowest BCUT2D eigenvalue weighted by Crippen LogP contribution is -2.55. The van der Waals surface area contributed by atoms with E-state index in [0.717, 1.165) is 0 Å². The minimum Gasteiger partial charge on any atom is -0.481 e. The maximum atomic E-state index is 12.8. The molecule has 1 saturated heterocycles. The maximum absolute atomic E-state index is 12.8. The van der Waals surface area contributed by atoms with Gasteiger partial charge in [0.1, 0.15) is 18.2 Å². The van der Waals surface area contributed by atoms with Crippen LogP contribution in [0.1, 0.15) is 25.7 Å². The number of aliphatic imine (C=N–C) groups is 1. The zero-order valence-electron chi connectivity index (χ0n) is 17.7. The second-order valence-corrected chi connectivity index (χ2v) is 7.88. The smallest absolute Gasteiger partial charge is 0.305 e. The van der Waals surface area contributed by atoms with Gasteiger partial charge >= 0.3 is 5.97 Å². The van der Waals surface area contributed by atoms with Gasteiger partial charge in [-0.1, -0.05) is 0 Å². The number of carbonyl (C=O) groups is 5. The van der Waals surface area contributed by atoms with Crippen molar-refractivity contribution < 1.29 is 39.3 Å². The first kappa shape index (κ1) is 25.8. The Morgan fingerprint density at radius 3 is 2.30 bits per heavy atom. The molecule has 0 spiro atoms. The van der Waals surface area contributed by atoms with Crippen LogP contribution < -0.4 is 32.7 Å². The summed E-state index contributed by atoms with van der Waals surface area (Å²) < 4.78 is 0. The normalized spacial score (nSPS) is 30.8. The Morgan fingerprint density at radius 2 is 1.67 bits per heavy atom. The van der Waals surface area contributed by atoms with Crippen LogP contribution in [-0.2, 0) is 24.0 Å². The van der Waals surface area contributed by atoms with E-state index in [1.54, 1.807) is 0 Å². The van der Waals surface area contributed by atoms with E-state index in [0.29, 0.717) is 6.42 Å². The predicted octanol–water partition coefficient (Wildman–Crippen LogP) is -5.16. The molecule has 11 N–H and O–H groups in total. The highest BCUT2D eigenvalue weighted by atomic mass is 16.4. The van der Waals surface area contributed by atoms with Crippen LogP contribution in [0, 0.1) is 5.92 Å². The van der Waals surface area contributed by atoms with Gasteiger partial charge < -0.3 is 48.1 Å². The molecule has 184 valence electrons. The van der Waals surface area contributed by atoms with Gasteiger partial charge in [-0.2, -0.15) is 0 Å². The number of carboxylic acid groups (broad SMARTS) is 1. The van der Waals surface area contributed by atoms with Crippen molar-refractivity contribution in [1.29, 1.82) is 0 Å². The minimum atomic E-state index is -1.54. The lowest BCUT2D eigenvalue weighted by Gasteiger charge is -2.23. The van der Waals surface area contributed by atoms with E-state index in [9.17, 15) is 34.2 Å². The summed E-state index contributed by atoms with van der Waals surface area (Å²) in [6.07, 6.45) is -3.59. The largest absolute Gasteiger partial charge is 0.481 e. The lowest BCUT2D eigenvalue weighted by atomic mass is 10.0. The molecule has 2 rings (SSSR count). The van der Waals surface area contributed by atoms with Crippen LogP contribution in [0.2, 0.25) is 0 Å². The topological polar surface area (TPSA) is 259 Å². The third-order valence-electron chi connectivity index (χ3n) is 5.38. The number of aliphatic carboxylic acids is 1. The van der Waals surface area contributed by atoms with E-state index in [-0.39, 0.29) is 25.3 Å². The van der Waals surface area contributed by atoms with Crippen LogP contribution in [0.4, 0.5) is 0 Å². The van der Waals surface area contributed by atoms with Crippen molar-refractivity contribution >= 4 is 35.6 Å². The number of aliphatic hydroxyl groups excluding tert-OH is 2. The second kappa shape index (κ2) is 11.4. The van der Waals surface area contributed by atoms with Gasteiger partial charge in [0.15, 0.2) is 5.96 Å². The predicted molar refractivity (Wildman–Crippen MR) is 111 cm³/mol. The van der Waals surface area contributed by atoms with E-state index in [1.165, 1.54) is 0 Å². The van der Waals surface area contributed by atoms with Gasteiger partial charge in [-0.15, -0.1) is 0 Å². The number of amides is 4. The fourth-order valence-electron chi connectivity index (χ4n) is 3.69. The molecule has 15 nitrogen and oxygen atoms in total. The monoisotopic (exact) mass is 471 g/mol. The summed E-state index contributed by atoms with van der Waals surface area (Å²) in [6.45, 7) is -0.404. The molecule has 0 radical (unpaired) electrons. The van der Waals surface area contributed by atoms with Crippen molar-refractivity contribution in [2.45, 2.75) is 56.0 Å². The summed E-state index contributed by atoms with van der Waals surface area (Å²) in [7, 11) is 0. The van der Waals surface area contributed by atoms with Crippen molar-refractivity contribution in [3.05, 3.63) is 0 Å². The van der Waals surface area contributed by atoms with Gasteiger partial charge in [0.25, 0.3) is 0 Å². The molecule has 1 saturated carbocycles. The van der Waals surface area contributed by atoms with E-state index in [1.807, 2.05) is 0 Å². The average Bonchev–Trinajstić information content (AvgIpc) is 3.01. The summed E-state index contributed by atoms with van der Waals surface area (Å²) in [5.41, 5.74) is 10.5. The van der Waals surface area contributed by atoms with Crippen LogP contribution in [0.3, 0.4) is 0 Å². The molecule has 4 amide bonds. The molecule has 33 heavy (non-hydrogen) atoms. The summed E-state index contributed by atoms with van der Waals surface area (Å²) in [5, 5.41) is 39.1. The third-order valence-corrected chi connectivity index (χ3v) is 5.38. The van der Waals surface area contributed by atoms with Crippen molar-refractivity contribution in [3.63, 3.8) is 0 Å². The van der Waals surface area contributed by atoms with Gasteiger partial charge in [0.2, 0.25) is 23.6 Å². The fourth-order valence-corrected chi connectivity index (χ4v) is 3.69. The zero-order valence-corrected chi connectivity index (χ0v) is 17.7. The van der Waals surface area contributed by atoms with Gasteiger partial charge in [-0.25, -0.2) is 0 Å². The summed E-state index contributed by atoms with van der Waals surface area (Å²) in [5.74, 6) is -5.85. The average molecular weight is 471 g/mol. The number of fused-ring (bicyclic) bond motifs is 2. The number of aliphatic hydroxyl groups is 2. The van der Waals surface area contributed by atoms with E-state index >= 15 is 0 Å². The molecular weight excluding hydrogens is 442 g/mol. The van der Waals surface area contributed by atoms with Crippen LogP contribution in [0.25, 0.3) is 0 Å². The quantitative estimate of drug-likeness (QED) is 0.101. The highest BCUT2D eigenvalue weighted by molar-refractivity contribution is 5.94. The molecule has 2 bridgehead atoms. The molecule has 1 aliphatic carbocycles. The molecule has 15 heteroatoms. The maximum Gasteiger partial charge on any atom is 0.305 e. The minimum absolute atomic E-state index is 0.100. The number of nitrogens with two attached hydrogens (primary N) is 2. The van der Waals surface area contributed by atoms with Crippen molar-refractivity contribution in [3.8, 4) is 0 Å². The van der Waals surface area contributed by atoms with Gasteiger partial charge in [0.05, 0.1) is 31.0 Å². The molecule has 0 aromatic rings. The van der Waals surface area contributed by atoms with Crippen LogP contribution >= 0.6 is 0 Å². The fraction of sp³-hybridized carbons (Fsp3) is 0.667. The molecule has 6 atom stereocenters. The number of nitrogens with one attached hydrogen (secondary N) is 4. The molecule has 1 aliphatic heterocycles.